The molecule has 0 radical (unpaired) electrons. The molecule has 1 atom stereocenters. The second-order valence-electron chi connectivity index (χ2n) is 18.9. The summed E-state index contributed by atoms with van der Waals surface area (Å²) in [4.78, 5) is 37.9. The molecule has 6 heteroatoms. The van der Waals surface area contributed by atoms with E-state index >= 15 is 0 Å². The lowest BCUT2D eigenvalue weighted by atomic mass is 10.0. The Bertz CT molecular complexity index is 1020. The summed E-state index contributed by atoms with van der Waals surface area (Å²) >= 11 is 0. The van der Waals surface area contributed by atoms with Crippen LogP contribution in [0.5, 0.6) is 0 Å². The lowest BCUT2D eigenvalue weighted by Gasteiger charge is -2.18. The number of ether oxygens (including phenoxy) is 3. The number of esters is 3. The predicted octanol–water partition coefficient (Wildman–Crippen LogP) is 18.3. The van der Waals surface area contributed by atoms with Crippen molar-refractivity contribution in [2.45, 2.75) is 309 Å². The molecule has 0 spiro atoms. The maximum absolute atomic E-state index is 12.8. The van der Waals surface area contributed by atoms with E-state index in [4.69, 9.17) is 14.2 Å². The number of carbonyl (C=O) groups is 3. The first-order valence-corrected chi connectivity index (χ1v) is 27.8. The van der Waals surface area contributed by atoms with Crippen LogP contribution in [0, 0.1) is 0 Å². The third-order valence-electron chi connectivity index (χ3n) is 12.5. The summed E-state index contributed by atoms with van der Waals surface area (Å²) in [5, 5.41) is 0. The number of hydrogen-bond donors (Lipinski definition) is 0. The maximum atomic E-state index is 12.8. The predicted molar refractivity (Wildman–Crippen MR) is 270 cm³/mol. The minimum atomic E-state index is -0.764. The van der Waals surface area contributed by atoms with Crippen LogP contribution >= 0.6 is 0 Å². The highest BCUT2D eigenvalue weighted by Crippen LogP contribution is 2.16. The number of carbonyl (C=O) groups excluding carboxylic acids is 3. The van der Waals surface area contributed by atoms with Crippen molar-refractivity contribution in [3.8, 4) is 0 Å². The monoisotopic (exact) mass is 887 g/mol. The van der Waals surface area contributed by atoms with Crippen LogP contribution in [0.2, 0.25) is 0 Å². The topological polar surface area (TPSA) is 78.9 Å². The van der Waals surface area contributed by atoms with Gasteiger partial charge in [-0.3, -0.25) is 14.4 Å². The molecule has 6 nitrogen and oxygen atoms in total. The molecule has 63 heavy (non-hydrogen) atoms. The van der Waals surface area contributed by atoms with E-state index in [1.54, 1.807) is 0 Å². The lowest BCUT2D eigenvalue weighted by Crippen LogP contribution is -2.30. The maximum Gasteiger partial charge on any atom is 0.306 e. The third kappa shape index (κ3) is 50.7. The Hall–Kier alpha value is -2.11. The number of rotatable bonds is 51. The van der Waals surface area contributed by atoms with Gasteiger partial charge in [0.1, 0.15) is 13.2 Å². The van der Waals surface area contributed by atoms with Gasteiger partial charge in [-0.05, 0) is 51.4 Å². The molecule has 0 fully saturated rings. The highest BCUT2D eigenvalue weighted by Gasteiger charge is 2.19. The van der Waals surface area contributed by atoms with Crippen LogP contribution in [-0.4, -0.2) is 37.2 Å². The minimum absolute atomic E-state index is 0.0675. The van der Waals surface area contributed by atoms with E-state index in [-0.39, 0.29) is 31.1 Å². The molecule has 1 unspecified atom stereocenters. The second kappa shape index (κ2) is 52.5. The molecule has 0 aromatic rings. The van der Waals surface area contributed by atoms with Crippen molar-refractivity contribution in [1.82, 2.24) is 0 Å². The Morgan fingerprint density at radius 3 is 0.873 bits per heavy atom. The molecule has 0 aromatic heterocycles. The summed E-state index contributed by atoms with van der Waals surface area (Å²) in [6.07, 6.45) is 60.4. The molecule has 0 aromatic carbocycles. The molecule has 0 aliphatic rings. The molecule has 0 saturated carbocycles. The van der Waals surface area contributed by atoms with E-state index in [1.807, 2.05) is 0 Å². The first-order chi connectivity index (χ1) is 31.0. The van der Waals surface area contributed by atoms with Gasteiger partial charge in [0.05, 0.1) is 0 Å². The zero-order chi connectivity index (χ0) is 45.8. The molecule has 0 bridgehead atoms. The van der Waals surface area contributed by atoms with Crippen molar-refractivity contribution in [3.63, 3.8) is 0 Å². The summed E-state index contributed by atoms with van der Waals surface area (Å²) < 4.78 is 16.8. The fourth-order valence-corrected chi connectivity index (χ4v) is 8.24. The third-order valence-corrected chi connectivity index (χ3v) is 12.5. The smallest absolute Gasteiger partial charge is 0.306 e. The summed E-state index contributed by atoms with van der Waals surface area (Å²) in [5.41, 5.74) is 0. The molecule has 370 valence electrons. The summed E-state index contributed by atoms with van der Waals surface area (Å²) in [7, 11) is 0. The van der Waals surface area contributed by atoms with Gasteiger partial charge >= 0.3 is 17.9 Å². The normalized spacial score (nSPS) is 12.1. The van der Waals surface area contributed by atoms with Crippen molar-refractivity contribution in [1.29, 1.82) is 0 Å². The lowest BCUT2D eigenvalue weighted by molar-refractivity contribution is -0.167. The summed E-state index contributed by atoms with van der Waals surface area (Å²) in [5.74, 6) is -0.859. The van der Waals surface area contributed by atoms with E-state index < -0.39 is 6.10 Å². The van der Waals surface area contributed by atoms with Crippen LogP contribution in [0.25, 0.3) is 0 Å². The molecular formula is C57H106O6. The van der Waals surface area contributed by atoms with Gasteiger partial charge in [-0.1, -0.05) is 257 Å². The zero-order valence-electron chi connectivity index (χ0n) is 42.4. The molecule has 0 saturated heterocycles. The summed E-state index contributed by atoms with van der Waals surface area (Å²) in [6, 6.07) is 0. The quantitative estimate of drug-likeness (QED) is 0.0262. The van der Waals surface area contributed by atoms with Crippen LogP contribution in [0.3, 0.4) is 0 Å². The van der Waals surface area contributed by atoms with Gasteiger partial charge in [-0.2, -0.15) is 0 Å². The fourth-order valence-electron chi connectivity index (χ4n) is 8.24. The Morgan fingerprint density at radius 2 is 0.571 bits per heavy atom. The van der Waals surface area contributed by atoms with Crippen molar-refractivity contribution in [2.24, 2.45) is 0 Å². The van der Waals surface area contributed by atoms with Crippen LogP contribution in [0.1, 0.15) is 303 Å². The molecule has 0 N–H and O–H groups in total. The summed E-state index contributed by atoms with van der Waals surface area (Å²) in [6.45, 7) is 6.62. The van der Waals surface area contributed by atoms with E-state index in [1.165, 1.54) is 199 Å². The van der Waals surface area contributed by atoms with Gasteiger partial charge in [-0.25, -0.2) is 0 Å². The van der Waals surface area contributed by atoms with Crippen LogP contribution in [0.4, 0.5) is 0 Å². The van der Waals surface area contributed by atoms with E-state index in [2.05, 4.69) is 45.1 Å². The van der Waals surface area contributed by atoms with Gasteiger partial charge in [0.25, 0.3) is 0 Å². The molecule has 0 aliphatic heterocycles. The van der Waals surface area contributed by atoms with Gasteiger partial charge in [0.2, 0.25) is 0 Å². The first-order valence-electron chi connectivity index (χ1n) is 27.8. The Balaban J connectivity index is 4.14. The van der Waals surface area contributed by atoms with Gasteiger partial charge in [0, 0.05) is 19.3 Å². The van der Waals surface area contributed by atoms with Crippen molar-refractivity contribution in [2.75, 3.05) is 13.2 Å². The fraction of sp³-hybridized carbons (Fsp3) is 0.877. The first kappa shape index (κ1) is 60.9. The average Bonchev–Trinajstić information content (AvgIpc) is 3.28. The van der Waals surface area contributed by atoms with Crippen LogP contribution < -0.4 is 0 Å². The average molecular weight is 887 g/mol. The zero-order valence-corrected chi connectivity index (χ0v) is 42.4. The minimum Gasteiger partial charge on any atom is -0.462 e. The molecule has 0 aliphatic carbocycles. The van der Waals surface area contributed by atoms with Crippen molar-refractivity contribution in [3.05, 3.63) is 24.3 Å². The largest absolute Gasteiger partial charge is 0.462 e. The molecule has 0 rings (SSSR count). The molecule has 0 amide bonds. The number of allylic oxidation sites excluding steroid dienone is 4. The Labute approximate surface area is 392 Å². The highest BCUT2D eigenvalue weighted by molar-refractivity contribution is 5.71. The standard InChI is InChI=1S/C57H106O6/c1-4-7-10-13-16-18-20-22-24-25-26-27-28-29-30-31-33-34-36-38-41-44-47-50-56(59)62-53-54(52-61-55(58)49-46-43-40-15-12-9-6-3)63-57(60)51-48-45-42-39-37-35-32-23-21-19-17-14-11-8-5-2/h20,22,25-26,54H,4-19,21,23-24,27-53H2,1-3H3/b22-20-,26-25-. The van der Waals surface area contributed by atoms with Crippen molar-refractivity contribution >= 4 is 17.9 Å². The van der Waals surface area contributed by atoms with E-state index in [0.29, 0.717) is 19.3 Å². The van der Waals surface area contributed by atoms with E-state index in [9.17, 15) is 14.4 Å². The van der Waals surface area contributed by atoms with Gasteiger partial charge in [0.15, 0.2) is 6.10 Å². The number of unbranched alkanes of at least 4 members (excludes halogenated alkanes) is 36. The van der Waals surface area contributed by atoms with Crippen LogP contribution in [0.15, 0.2) is 24.3 Å². The Morgan fingerprint density at radius 1 is 0.317 bits per heavy atom. The number of hydrogen-bond acceptors (Lipinski definition) is 6. The second-order valence-corrected chi connectivity index (χ2v) is 18.9. The van der Waals surface area contributed by atoms with E-state index in [0.717, 1.165) is 64.2 Å². The SMILES string of the molecule is CCCCCCC/C=C\C/C=C\CCCCCCCCCCCCCC(=O)OCC(COC(=O)CCCCCCCCC)OC(=O)CCCCCCCCCCCCCCCCC. The highest BCUT2D eigenvalue weighted by atomic mass is 16.6. The molecule has 0 heterocycles. The molecular weight excluding hydrogens is 781 g/mol. The van der Waals surface area contributed by atoms with Gasteiger partial charge in [-0.15, -0.1) is 0 Å². The van der Waals surface area contributed by atoms with Crippen LogP contribution in [-0.2, 0) is 28.6 Å². The Kier molecular flexibility index (Phi) is 50.8. The van der Waals surface area contributed by atoms with Gasteiger partial charge < -0.3 is 14.2 Å². The van der Waals surface area contributed by atoms with Crippen molar-refractivity contribution < 1.29 is 28.6 Å².